The highest BCUT2D eigenvalue weighted by Crippen LogP contribution is 2.49. The second kappa shape index (κ2) is 5.82. The number of carbonyl (C=O) groups is 1. The average molecular weight is 289 g/mol. The van der Waals surface area contributed by atoms with E-state index in [0.29, 0.717) is 24.9 Å². The molecule has 2 aliphatic rings. The molecule has 0 unspecified atom stereocenters. The zero-order valence-electron chi connectivity index (χ0n) is 13.4. The first-order valence-electron chi connectivity index (χ1n) is 8.33. The molecule has 0 radical (unpaired) electrons. The molecule has 116 valence electrons. The van der Waals surface area contributed by atoms with Crippen LogP contribution in [-0.4, -0.2) is 21.7 Å². The van der Waals surface area contributed by atoms with Gasteiger partial charge < -0.3 is 5.32 Å². The summed E-state index contributed by atoms with van der Waals surface area (Å²) in [7, 11) is 0. The summed E-state index contributed by atoms with van der Waals surface area (Å²) in [5.41, 5.74) is 2.14. The van der Waals surface area contributed by atoms with Crippen molar-refractivity contribution in [2.24, 2.45) is 17.8 Å². The molecule has 4 atom stereocenters. The van der Waals surface area contributed by atoms with Gasteiger partial charge in [0.2, 0.25) is 5.91 Å². The first kappa shape index (κ1) is 14.6. The third-order valence-corrected chi connectivity index (χ3v) is 5.48. The van der Waals surface area contributed by atoms with Crippen LogP contribution in [-0.2, 0) is 11.3 Å². The number of hydrogen-bond acceptors (Lipinski definition) is 2. The number of nitrogens with one attached hydrogen (secondary N) is 1. The van der Waals surface area contributed by atoms with Crippen LogP contribution in [0.2, 0.25) is 0 Å². The summed E-state index contributed by atoms with van der Waals surface area (Å²) in [6, 6.07) is 2.38. The highest BCUT2D eigenvalue weighted by molar-refractivity contribution is 5.76. The molecule has 1 heterocycles. The Hall–Kier alpha value is -1.32. The highest BCUT2D eigenvalue weighted by atomic mass is 16.1. The van der Waals surface area contributed by atoms with E-state index in [0.717, 1.165) is 23.2 Å². The number of hydrogen-bond donors (Lipinski definition) is 1. The van der Waals surface area contributed by atoms with Crippen LogP contribution in [0.15, 0.2) is 6.07 Å². The molecule has 4 nitrogen and oxygen atoms in total. The van der Waals surface area contributed by atoms with Gasteiger partial charge in [0.15, 0.2) is 0 Å². The molecule has 2 aliphatic carbocycles. The topological polar surface area (TPSA) is 46.9 Å². The van der Waals surface area contributed by atoms with Crippen LogP contribution >= 0.6 is 0 Å². The van der Waals surface area contributed by atoms with E-state index >= 15 is 0 Å². The maximum atomic E-state index is 12.2. The number of nitrogens with zero attached hydrogens (tertiary/aromatic N) is 2. The molecule has 2 bridgehead atoms. The molecule has 1 aromatic heterocycles. The SMILES string of the molecule is Cc1cc(C)n(CCC(=O)N[C@H](C)[C@H]2C[C@@H]3CC[C@@H]2C3)n1. The molecule has 0 aromatic carbocycles. The van der Waals surface area contributed by atoms with E-state index in [1.54, 1.807) is 0 Å². The quantitative estimate of drug-likeness (QED) is 0.906. The van der Waals surface area contributed by atoms with Crippen molar-refractivity contribution in [1.29, 1.82) is 0 Å². The summed E-state index contributed by atoms with van der Waals surface area (Å²) in [6.45, 7) is 6.89. The molecule has 0 aliphatic heterocycles. The van der Waals surface area contributed by atoms with E-state index in [4.69, 9.17) is 0 Å². The summed E-state index contributed by atoms with van der Waals surface area (Å²) < 4.78 is 1.93. The lowest BCUT2D eigenvalue weighted by Gasteiger charge is -2.28. The number of carbonyl (C=O) groups excluding carboxylic acids is 1. The molecule has 1 N–H and O–H groups in total. The van der Waals surface area contributed by atoms with Crippen LogP contribution in [0.1, 0.15) is 50.4 Å². The first-order valence-corrected chi connectivity index (χ1v) is 8.33. The molecule has 1 aromatic rings. The van der Waals surface area contributed by atoms with Crippen molar-refractivity contribution in [3.63, 3.8) is 0 Å². The Morgan fingerprint density at radius 2 is 2.24 bits per heavy atom. The second-order valence-electron chi connectivity index (χ2n) is 7.10. The Labute approximate surface area is 127 Å². The van der Waals surface area contributed by atoms with E-state index < -0.39 is 0 Å². The molecule has 4 heteroatoms. The van der Waals surface area contributed by atoms with Crippen LogP contribution in [0.3, 0.4) is 0 Å². The summed E-state index contributed by atoms with van der Waals surface area (Å²) in [5, 5.41) is 7.63. The fraction of sp³-hybridized carbons (Fsp3) is 0.765. The van der Waals surface area contributed by atoms with Crippen LogP contribution in [0.5, 0.6) is 0 Å². The zero-order valence-corrected chi connectivity index (χ0v) is 13.4. The van der Waals surface area contributed by atoms with E-state index in [9.17, 15) is 4.79 Å². The van der Waals surface area contributed by atoms with E-state index in [1.807, 2.05) is 18.5 Å². The Morgan fingerprint density at radius 1 is 1.43 bits per heavy atom. The van der Waals surface area contributed by atoms with Gasteiger partial charge in [0.25, 0.3) is 0 Å². The van der Waals surface area contributed by atoms with Crippen molar-refractivity contribution < 1.29 is 4.79 Å². The Morgan fingerprint density at radius 3 is 2.81 bits per heavy atom. The van der Waals surface area contributed by atoms with Crippen LogP contribution < -0.4 is 5.32 Å². The molecule has 2 fully saturated rings. The van der Waals surface area contributed by atoms with Crippen LogP contribution in [0.4, 0.5) is 0 Å². The smallest absolute Gasteiger partial charge is 0.222 e. The van der Waals surface area contributed by atoms with Gasteiger partial charge in [-0.15, -0.1) is 0 Å². The number of rotatable bonds is 5. The molecule has 21 heavy (non-hydrogen) atoms. The average Bonchev–Trinajstić information content (AvgIpc) is 3.12. The van der Waals surface area contributed by atoms with E-state index in [1.165, 1.54) is 25.7 Å². The van der Waals surface area contributed by atoms with Crippen molar-refractivity contribution in [1.82, 2.24) is 15.1 Å². The fourth-order valence-electron chi connectivity index (χ4n) is 4.45. The second-order valence-corrected chi connectivity index (χ2v) is 7.10. The lowest BCUT2D eigenvalue weighted by atomic mass is 9.84. The number of fused-ring (bicyclic) bond motifs is 2. The Bertz CT molecular complexity index is 522. The van der Waals surface area contributed by atoms with Gasteiger partial charge in [0, 0.05) is 24.7 Å². The van der Waals surface area contributed by atoms with Crippen LogP contribution in [0, 0.1) is 31.6 Å². The van der Waals surface area contributed by atoms with E-state index in [2.05, 4.69) is 23.4 Å². The van der Waals surface area contributed by atoms with Crippen molar-refractivity contribution >= 4 is 5.91 Å². The predicted octanol–water partition coefficient (Wildman–Crippen LogP) is 2.83. The van der Waals surface area contributed by atoms with Gasteiger partial charge in [-0.1, -0.05) is 6.42 Å². The molecular formula is C17H27N3O. The minimum Gasteiger partial charge on any atom is -0.353 e. The third-order valence-electron chi connectivity index (χ3n) is 5.48. The molecule has 2 saturated carbocycles. The minimum atomic E-state index is 0.165. The predicted molar refractivity (Wildman–Crippen MR) is 82.9 cm³/mol. The van der Waals surface area contributed by atoms with Gasteiger partial charge in [-0.05, 0) is 63.9 Å². The summed E-state index contributed by atoms with van der Waals surface area (Å²) in [6.07, 6.45) is 6.04. The van der Waals surface area contributed by atoms with Gasteiger partial charge in [0.1, 0.15) is 0 Å². The molecule has 3 rings (SSSR count). The maximum absolute atomic E-state index is 12.2. The third kappa shape index (κ3) is 3.14. The Kier molecular flexibility index (Phi) is 4.05. The van der Waals surface area contributed by atoms with Crippen LogP contribution in [0.25, 0.3) is 0 Å². The maximum Gasteiger partial charge on any atom is 0.222 e. The zero-order chi connectivity index (χ0) is 15.0. The lowest BCUT2D eigenvalue weighted by molar-refractivity contribution is -0.122. The van der Waals surface area contributed by atoms with Gasteiger partial charge in [-0.3, -0.25) is 9.48 Å². The normalized spacial score (nSPS) is 28.8. The number of amides is 1. The summed E-state index contributed by atoms with van der Waals surface area (Å²) in [4.78, 5) is 12.2. The largest absolute Gasteiger partial charge is 0.353 e. The van der Waals surface area contributed by atoms with Crippen molar-refractivity contribution in [2.45, 2.75) is 65.5 Å². The van der Waals surface area contributed by atoms with Crippen molar-refractivity contribution in [2.75, 3.05) is 0 Å². The minimum absolute atomic E-state index is 0.165. The molecule has 1 amide bonds. The lowest BCUT2D eigenvalue weighted by Crippen LogP contribution is -2.40. The van der Waals surface area contributed by atoms with Crippen molar-refractivity contribution in [3.05, 3.63) is 17.5 Å². The van der Waals surface area contributed by atoms with Crippen molar-refractivity contribution in [3.8, 4) is 0 Å². The highest BCUT2D eigenvalue weighted by Gasteiger charge is 2.42. The van der Waals surface area contributed by atoms with E-state index in [-0.39, 0.29) is 5.91 Å². The molecule has 0 saturated heterocycles. The summed E-state index contributed by atoms with van der Waals surface area (Å²) in [5.74, 6) is 2.68. The van der Waals surface area contributed by atoms with Gasteiger partial charge in [-0.25, -0.2) is 0 Å². The van der Waals surface area contributed by atoms with Gasteiger partial charge in [0.05, 0.1) is 5.69 Å². The standard InChI is InChI=1S/C17H27N3O/c1-11-8-12(2)20(19-11)7-6-17(21)18-13(3)16-10-14-4-5-15(16)9-14/h8,13-16H,4-7,9-10H2,1-3H3,(H,18,21)/t13-,14-,15-,16-/m1/s1. The fourth-order valence-corrected chi connectivity index (χ4v) is 4.45. The number of aryl methyl sites for hydroxylation is 3. The number of aromatic nitrogens is 2. The molecule has 0 spiro atoms. The summed E-state index contributed by atoms with van der Waals surface area (Å²) >= 11 is 0. The van der Waals surface area contributed by atoms with Gasteiger partial charge in [-0.2, -0.15) is 5.10 Å². The molecular weight excluding hydrogens is 262 g/mol. The van der Waals surface area contributed by atoms with Gasteiger partial charge >= 0.3 is 0 Å². The first-order chi connectivity index (χ1) is 10.0. The monoisotopic (exact) mass is 289 g/mol. The Balaban J connectivity index is 1.47.